The quantitative estimate of drug-likeness (QED) is 0.482. The van der Waals surface area contributed by atoms with Gasteiger partial charge in [0.25, 0.3) is 0 Å². The van der Waals surface area contributed by atoms with Gasteiger partial charge in [-0.1, -0.05) is 43.2 Å². The maximum atomic E-state index is 13.0. The summed E-state index contributed by atoms with van der Waals surface area (Å²) in [5.74, 6) is -0.721. The van der Waals surface area contributed by atoms with E-state index in [9.17, 15) is 9.59 Å². The minimum atomic E-state index is -0.854. The highest BCUT2D eigenvalue weighted by Gasteiger charge is 2.40. The molecular formula is C25H38N4O4. The first-order valence-electron chi connectivity index (χ1n) is 12.4. The fourth-order valence-corrected chi connectivity index (χ4v) is 5.13. The van der Waals surface area contributed by atoms with Gasteiger partial charge in [0, 0.05) is 38.9 Å². The number of nitrogens with one attached hydrogen (secondary N) is 2. The van der Waals surface area contributed by atoms with Crippen LogP contribution in [0.5, 0.6) is 0 Å². The van der Waals surface area contributed by atoms with Crippen LogP contribution in [-0.4, -0.2) is 73.5 Å². The van der Waals surface area contributed by atoms with Crippen molar-refractivity contribution in [2.45, 2.75) is 68.7 Å². The first kappa shape index (κ1) is 24.1. The lowest BCUT2D eigenvalue weighted by atomic mass is 9.96. The number of piperidine rings is 1. The topological polar surface area (TPSA) is 106 Å². The monoisotopic (exact) mass is 458 g/mol. The molecule has 2 saturated heterocycles. The number of carbonyl (C=O) groups is 2. The third-order valence-electron chi connectivity index (χ3n) is 7.23. The number of hydrogen-bond donors (Lipinski definition) is 3. The second kappa shape index (κ2) is 11.0. The highest BCUT2D eigenvalue weighted by molar-refractivity contribution is 5.92. The van der Waals surface area contributed by atoms with E-state index in [1.807, 2.05) is 30.3 Å². The number of ether oxygens (including phenoxy) is 2. The Morgan fingerprint density at radius 2 is 1.70 bits per heavy atom. The van der Waals surface area contributed by atoms with E-state index in [0.717, 1.165) is 57.3 Å². The van der Waals surface area contributed by atoms with Crippen molar-refractivity contribution >= 4 is 11.8 Å². The Morgan fingerprint density at radius 3 is 2.36 bits per heavy atom. The summed E-state index contributed by atoms with van der Waals surface area (Å²) >= 11 is 0. The number of nitrogens with two attached hydrogens (primary N) is 1. The Bertz CT molecular complexity index is 781. The van der Waals surface area contributed by atoms with Crippen LogP contribution in [0.4, 0.5) is 0 Å². The van der Waals surface area contributed by atoms with E-state index in [-0.39, 0.29) is 17.6 Å². The van der Waals surface area contributed by atoms with Crippen LogP contribution in [0.15, 0.2) is 30.3 Å². The average Bonchev–Trinajstić information content (AvgIpc) is 3.48. The van der Waals surface area contributed by atoms with Gasteiger partial charge in [0.05, 0.1) is 18.8 Å². The Morgan fingerprint density at radius 1 is 1.03 bits per heavy atom. The summed E-state index contributed by atoms with van der Waals surface area (Å²) in [6.07, 6.45) is 6.34. The zero-order chi connectivity index (χ0) is 23.2. The molecule has 3 aliphatic rings. The SMILES string of the molecule is NC1(C(=O)N[C@H](Cc2ccccc2)C(=O)NCCCN2CCC3(CC2)OCCO3)CCCC1. The normalized spacial score (nSPS) is 22.8. The number of likely N-dealkylation sites (tertiary alicyclic amines) is 1. The second-order valence-electron chi connectivity index (χ2n) is 9.67. The smallest absolute Gasteiger partial charge is 0.242 e. The van der Waals surface area contributed by atoms with Crippen LogP contribution in [0.1, 0.15) is 50.5 Å². The maximum Gasteiger partial charge on any atom is 0.242 e. The Hall–Kier alpha value is -2.00. The van der Waals surface area contributed by atoms with Crippen LogP contribution < -0.4 is 16.4 Å². The van der Waals surface area contributed by atoms with Crippen molar-refractivity contribution in [2.24, 2.45) is 5.73 Å². The van der Waals surface area contributed by atoms with Gasteiger partial charge in [-0.15, -0.1) is 0 Å². The molecule has 8 nitrogen and oxygen atoms in total. The summed E-state index contributed by atoms with van der Waals surface area (Å²) in [5.41, 5.74) is 6.48. The molecule has 2 heterocycles. The van der Waals surface area contributed by atoms with Crippen LogP contribution >= 0.6 is 0 Å². The number of carbonyl (C=O) groups excluding carboxylic acids is 2. The van der Waals surface area contributed by atoms with Crippen molar-refractivity contribution < 1.29 is 19.1 Å². The number of benzene rings is 1. The molecule has 182 valence electrons. The lowest BCUT2D eigenvalue weighted by molar-refractivity contribution is -0.185. The van der Waals surface area contributed by atoms with Crippen molar-refractivity contribution in [3.63, 3.8) is 0 Å². The number of nitrogens with zero attached hydrogens (tertiary/aromatic N) is 1. The average molecular weight is 459 g/mol. The van der Waals surface area contributed by atoms with Crippen LogP contribution in [0.25, 0.3) is 0 Å². The number of amides is 2. The van der Waals surface area contributed by atoms with Gasteiger partial charge >= 0.3 is 0 Å². The van der Waals surface area contributed by atoms with Crippen LogP contribution in [-0.2, 0) is 25.5 Å². The van der Waals surface area contributed by atoms with E-state index in [2.05, 4.69) is 15.5 Å². The number of hydrogen-bond acceptors (Lipinski definition) is 6. The molecule has 1 spiro atoms. The molecule has 8 heteroatoms. The van der Waals surface area contributed by atoms with Gasteiger partial charge in [0.15, 0.2) is 5.79 Å². The minimum absolute atomic E-state index is 0.154. The van der Waals surface area contributed by atoms with Gasteiger partial charge in [-0.2, -0.15) is 0 Å². The standard InChI is InChI=1S/C25H38N4O4/c26-24(9-4-5-10-24)23(31)28-21(19-20-7-2-1-3-8-20)22(30)27-13-6-14-29-15-11-25(12-16-29)32-17-18-33-25/h1-3,7-8,21H,4-6,9-19,26H2,(H,27,30)(H,28,31)/t21-/m1/s1. The molecule has 1 aromatic carbocycles. The lowest BCUT2D eigenvalue weighted by Gasteiger charge is -2.37. The minimum Gasteiger partial charge on any atom is -0.354 e. The van der Waals surface area contributed by atoms with E-state index in [4.69, 9.17) is 15.2 Å². The van der Waals surface area contributed by atoms with Gasteiger partial charge in [0.1, 0.15) is 6.04 Å². The fraction of sp³-hybridized carbons (Fsp3) is 0.680. The molecular weight excluding hydrogens is 420 g/mol. The van der Waals surface area contributed by atoms with E-state index in [0.29, 0.717) is 39.0 Å². The maximum absolute atomic E-state index is 13.0. The van der Waals surface area contributed by atoms with E-state index in [1.165, 1.54) is 0 Å². The number of rotatable bonds is 9. The molecule has 4 N–H and O–H groups in total. The van der Waals surface area contributed by atoms with Gasteiger partial charge in [-0.3, -0.25) is 9.59 Å². The molecule has 2 amide bonds. The second-order valence-corrected chi connectivity index (χ2v) is 9.67. The predicted octanol–water partition coefficient (Wildman–Crippen LogP) is 1.33. The largest absolute Gasteiger partial charge is 0.354 e. The lowest BCUT2D eigenvalue weighted by Crippen LogP contribution is -2.58. The highest BCUT2D eigenvalue weighted by atomic mass is 16.7. The molecule has 1 aliphatic carbocycles. The summed E-state index contributed by atoms with van der Waals surface area (Å²) < 4.78 is 11.6. The summed E-state index contributed by atoms with van der Waals surface area (Å²) in [6.45, 7) is 4.76. The molecule has 0 unspecified atom stereocenters. The van der Waals surface area contributed by atoms with Crippen LogP contribution in [0, 0.1) is 0 Å². The molecule has 1 atom stereocenters. The molecule has 33 heavy (non-hydrogen) atoms. The molecule has 3 fully saturated rings. The van der Waals surface area contributed by atoms with Crippen molar-refractivity contribution in [1.29, 1.82) is 0 Å². The summed E-state index contributed by atoms with van der Waals surface area (Å²) in [4.78, 5) is 28.3. The molecule has 4 rings (SSSR count). The van der Waals surface area contributed by atoms with E-state index in [1.54, 1.807) is 0 Å². The Labute approximate surface area is 196 Å². The van der Waals surface area contributed by atoms with E-state index < -0.39 is 11.6 Å². The third-order valence-corrected chi connectivity index (χ3v) is 7.23. The Balaban J connectivity index is 1.24. The van der Waals surface area contributed by atoms with Gasteiger partial charge in [-0.25, -0.2) is 0 Å². The van der Waals surface area contributed by atoms with Crippen LogP contribution in [0.2, 0.25) is 0 Å². The van der Waals surface area contributed by atoms with E-state index >= 15 is 0 Å². The van der Waals surface area contributed by atoms with Gasteiger partial charge in [0.2, 0.25) is 11.8 Å². The molecule has 0 bridgehead atoms. The predicted molar refractivity (Wildman–Crippen MR) is 125 cm³/mol. The van der Waals surface area contributed by atoms with Crippen molar-refractivity contribution in [3.05, 3.63) is 35.9 Å². The molecule has 2 aliphatic heterocycles. The zero-order valence-electron chi connectivity index (χ0n) is 19.5. The highest BCUT2D eigenvalue weighted by Crippen LogP contribution is 2.31. The first-order valence-corrected chi connectivity index (χ1v) is 12.4. The van der Waals surface area contributed by atoms with Gasteiger partial charge < -0.3 is 30.7 Å². The van der Waals surface area contributed by atoms with Gasteiger partial charge in [-0.05, 0) is 31.4 Å². The van der Waals surface area contributed by atoms with Crippen molar-refractivity contribution in [3.8, 4) is 0 Å². The summed E-state index contributed by atoms with van der Waals surface area (Å²) in [5, 5.41) is 5.98. The summed E-state index contributed by atoms with van der Waals surface area (Å²) in [6, 6.07) is 9.14. The molecule has 1 saturated carbocycles. The third kappa shape index (κ3) is 6.32. The zero-order valence-corrected chi connectivity index (χ0v) is 19.5. The summed E-state index contributed by atoms with van der Waals surface area (Å²) in [7, 11) is 0. The first-order chi connectivity index (χ1) is 16.0. The van der Waals surface area contributed by atoms with Crippen LogP contribution in [0.3, 0.4) is 0 Å². The fourth-order valence-electron chi connectivity index (χ4n) is 5.13. The molecule has 1 aromatic rings. The van der Waals surface area contributed by atoms with Crippen molar-refractivity contribution in [2.75, 3.05) is 39.4 Å². The molecule has 0 radical (unpaired) electrons. The molecule has 0 aromatic heterocycles. The Kier molecular flexibility index (Phi) is 8.01. The van der Waals surface area contributed by atoms with Crippen molar-refractivity contribution in [1.82, 2.24) is 15.5 Å².